The van der Waals surface area contributed by atoms with Crippen LogP contribution in [0.5, 0.6) is 0 Å². The maximum atomic E-state index is 8.93. The van der Waals surface area contributed by atoms with E-state index in [9.17, 15) is 0 Å². The average Bonchev–Trinajstić information content (AvgIpc) is 2.13. The van der Waals surface area contributed by atoms with Gasteiger partial charge in [-0.2, -0.15) is 0 Å². The molecule has 0 heterocycles. The van der Waals surface area contributed by atoms with Gasteiger partial charge in [-0.3, -0.25) is 0 Å². The Morgan fingerprint density at radius 3 is 1.75 bits per heavy atom. The molecule has 0 aliphatic heterocycles. The fraction of sp³-hybridized carbons (Fsp3) is 0.778. The first-order valence-corrected chi connectivity index (χ1v) is 4.78. The molecule has 1 aliphatic rings. The van der Waals surface area contributed by atoms with Crippen molar-refractivity contribution in [2.24, 2.45) is 17.4 Å². The van der Waals surface area contributed by atoms with E-state index in [4.69, 9.17) is 31.3 Å². The van der Waals surface area contributed by atoms with Gasteiger partial charge in [-0.15, -0.1) is 0 Å². The quantitative estimate of drug-likeness (QED) is 0.407. The molecular weight excluding hydrogens is 395 g/mol. The van der Waals surface area contributed by atoms with Crippen LogP contribution in [0.4, 0.5) is 0 Å². The van der Waals surface area contributed by atoms with Gasteiger partial charge in [0.2, 0.25) is 0 Å². The molecule has 0 amide bonds. The van der Waals surface area contributed by atoms with Gasteiger partial charge in [0.25, 0.3) is 0 Å². The van der Waals surface area contributed by atoms with Gasteiger partial charge in [-0.1, -0.05) is 6.92 Å². The Balaban J connectivity index is 0. The van der Waals surface area contributed by atoms with Crippen LogP contribution in [0.25, 0.3) is 0 Å². The van der Waals surface area contributed by atoms with Crippen LogP contribution in [0.3, 0.4) is 0 Å². The van der Waals surface area contributed by atoms with Crippen LogP contribution in [0, 0.1) is 5.92 Å². The molecule has 0 bridgehead atoms. The molecule has 1 fully saturated rings. The van der Waals surface area contributed by atoms with Crippen molar-refractivity contribution in [1.29, 1.82) is 0 Å². The second-order valence-corrected chi connectivity index (χ2v) is 3.82. The number of carboxylic acids is 2. The van der Waals surface area contributed by atoms with E-state index < -0.39 is 11.9 Å². The summed E-state index contributed by atoms with van der Waals surface area (Å²) in [5.41, 5.74) is 11.5. The Kier molecular flexibility index (Phi) is 9.72. The van der Waals surface area contributed by atoms with Crippen molar-refractivity contribution in [3.05, 3.63) is 0 Å². The predicted octanol–water partition coefficient (Wildman–Crippen LogP) is -3.06. The summed E-state index contributed by atoms with van der Waals surface area (Å²) in [5.74, 6) is -3.58. The van der Waals surface area contributed by atoms with Crippen LogP contribution in [0.1, 0.15) is 26.2 Å². The second-order valence-electron chi connectivity index (χ2n) is 3.82. The van der Waals surface area contributed by atoms with Gasteiger partial charge in [0.15, 0.2) is 0 Å². The van der Waals surface area contributed by atoms with Gasteiger partial charge in [-0.05, 0) is 25.2 Å². The van der Waals surface area contributed by atoms with E-state index in [1.54, 1.807) is 0 Å². The fourth-order valence-electron chi connectivity index (χ4n) is 1.45. The molecule has 0 spiro atoms. The summed E-state index contributed by atoms with van der Waals surface area (Å²) >= 11 is 0. The molecule has 1 rings (SSSR count). The molecule has 16 heavy (non-hydrogen) atoms. The molecule has 0 aromatic rings. The minimum absolute atomic E-state index is 0. The molecule has 6 nitrogen and oxygen atoms in total. The fourth-order valence-corrected chi connectivity index (χ4v) is 1.45. The summed E-state index contributed by atoms with van der Waals surface area (Å²) < 4.78 is 0. The summed E-state index contributed by atoms with van der Waals surface area (Å²) in [4.78, 5) is 17.9. The topological polar surface area (TPSA) is 132 Å². The van der Waals surface area contributed by atoms with Crippen LogP contribution >= 0.6 is 0 Å². The Labute approximate surface area is 109 Å². The van der Waals surface area contributed by atoms with Gasteiger partial charge >= 0.3 is 21.1 Å². The Hall–Kier alpha value is -0.452. The minimum atomic E-state index is -2.19. The number of carboxylic acid groups (broad SMARTS) is 2. The zero-order valence-corrected chi connectivity index (χ0v) is 11.2. The second kappa shape index (κ2) is 8.67. The molecule has 0 unspecified atom stereocenters. The predicted molar refractivity (Wildman–Crippen MR) is 49.0 cm³/mol. The molecule has 3 atom stereocenters. The first-order valence-electron chi connectivity index (χ1n) is 4.78. The van der Waals surface area contributed by atoms with E-state index in [0.717, 1.165) is 18.8 Å². The molecule has 4 N–H and O–H groups in total. The van der Waals surface area contributed by atoms with Crippen molar-refractivity contribution >= 4 is 11.9 Å². The van der Waals surface area contributed by atoms with Gasteiger partial charge in [-0.25, -0.2) is 0 Å². The number of hydrogen-bond acceptors (Lipinski definition) is 6. The third-order valence-electron chi connectivity index (χ3n) is 2.38. The molecule has 0 saturated heterocycles. The number of rotatable bonds is 0. The van der Waals surface area contributed by atoms with Gasteiger partial charge in [0.1, 0.15) is 0 Å². The summed E-state index contributed by atoms with van der Waals surface area (Å²) in [6.07, 6.45) is 3.48. The molecular formula is C9H16N2O4Pt. The monoisotopic (exact) mass is 411 g/mol. The van der Waals surface area contributed by atoms with Gasteiger partial charge in [0, 0.05) is 12.1 Å². The first-order chi connectivity index (χ1) is 6.84. The standard InChI is InChI=1S/C7H16N2.C2H2O4.Pt/c1-5-2-3-6(8)7(9)4-5;3-1(4)2(5)6;/h5-7H,2-4,8-9H2,1H3;(H,3,4)(H,5,6);/q;;+2/p-2/t5-,6-,7-;;/m1../s1. The third-order valence-corrected chi connectivity index (χ3v) is 2.38. The normalized spacial score (nSPS) is 28.1. The number of hydrogen-bond donors (Lipinski definition) is 2. The van der Waals surface area contributed by atoms with Crippen LogP contribution in [0.15, 0.2) is 0 Å². The SMILES string of the molecule is C[C@@H]1CC[C@@H](N)[C@H](N)C1.O=C([O-])C(=O)[O-].[Pt+2]. The molecule has 0 aromatic heterocycles. The van der Waals surface area contributed by atoms with E-state index in [1.807, 2.05) is 0 Å². The van der Waals surface area contributed by atoms with E-state index in [1.165, 1.54) is 6.42 Å². The smallest absolute Gasteiger partial charge is 0.543 e. The summed E-state index contributed by atoms with van der Waals surface area (Å²) in [6.45, 7) is 2.24. The largest absolute Gasteiger partial charge is 2.00 e. The zero-order valence-electron chi connectivity index (χ0n) is 8.96. The Morgan fingerprint density at radius 2 is 1.50 bits per heavy atom. The number of carbonyl (C=O) groups is 2. The first kappa shape index (κ1) is 17.9. The molecule has 0 aromatic carbocycles. The van der Waals surface area contributed by atoms with Crippen molar-refractivity contribution in [3.8, 4) is 0 Å². The molecule has 0 radical (unpaired) electrons. The number of carbonyl (C=O) groups excluding carboxylic acids is 2. The van der Waals surface area contributed by atoms with Crippen LogP contribution < -0.4 is 21.7 Å². The van der Waals surface area contributed by atoms with Crippen molar-refractivity contribution in [3.63, 3.8) is 0 Å². The van der Waals surface area contributed by atoms with Crippen LogP contribution in [-0.4, -0.2) is 24.0 Å². The van der Waals surface area contributed by atoms with E-state index in [0.29, 0.717) is 0 Å². The maximum absolute atomic E-state index is 8.93. The van der Waals surface area contributed by atoms with Crippen LogP contribution in [0.2, 0.25) is 0 Å². The molecule has 7 heteroatoms. The molecule has 96 valence electrons. The molecule has 1 aliphatic carbocycles. The van der Waals surface area contributed by atoms with E-state index in [2.05, 4.69) is 6.92 Å². The van der Waals surface area contributed by atoms with Crippen molar-refractivity contribution in [2.45, 2.75) is 38.3 Å². The minimum Gasteiger partial charge on any atom is -0.543 e. The van der Waals surface area contributed by atoms with E-state index >= 15 is 0 Å². The van der Waals surface area contributed by atoms with Crippen molar-refractivity contribution in [2.75, 3.05) is 0 Å². The van der Waals surface area contributed by atoms with Crippen molar-refractivity contribution < 1.29 is 40.9 Å². The average molecular weight is 411 g/mol. The summed E-state index contributed by atoms with van der Waals surface area (Å²) in [6, 6.07) is 0.523. The molecule has 1 saturated carbocycles. The number of nitrogens with two attached hydrogens (primary N) is 2. The summed E-state index contributed by atoms with van der Waals surface area (Å²) in [7, 11) is 0. The third kappa shape index (κ3) is 7.79. The number of aliphatic carboxylic acids is 2. The van der Waals surface area contributed by atoms with Gasteiger partial charge < -0.3 is 31.3 Å². The van der Waals surface area contributed by atoms with Crippen molar-refractivity contribution in [1.82, 2.24) is 0 Å². The van der Waals surface area contributed by atoms with Crippen LogP contribution in [-0.2, 0) is 30.7 Å². The summed E-state index contributed by atoms with van der Waals surface area (Å²) in [5, 5.41) is 17.9. The zero-order chi connectivity index (χ0) is 12.0. The Bertz CT molecular complexity index is 226. The Morgan fingerprint density at radius 1 is 1.06 bits per heavy atom. The maximum Gasteiger partial charge on any atom is 2.00 e. The van der Waals surface area contributed by atoms with E-state index in [-0.39, 0.29) is 33.1 Å². The van der Waals surface area contributed by atoms with Gasteiger partial charge in [0.05, 0.1) is 11.9 Å².